The highest BCUT2D eigenvalue weighted by molar-refractivity contribution is 14.2. The minimum atomic E-state index is -1.26. The summed E-state index contributed by atoms with van der Waals surface area (Å²) in [5.41, 5.74) is 0.780. The van der Waals surface area contributed by atoms with Crippen LogP contribution < -0.4 is 0 Å². The van der Waals surface area contributed by atoms with Crippen LogP contribution in [-0.4, -0.2) is 22.7 Å². The average Bonchev–Trinajstić information content (AvgIpc) is 2.27. The van der Waals surface area contributed by atoms with E-state index >= 15 is 0 Å². The van der Waals surface area contributed by atoms with E-state index < -0.39 is 10.9 Å². The fourth-order valence-corrected chi connectivity index (χ4v) is 5.31. The number of carboxylic acids is 1. The first-order valence-electron chi connectivity index (χ1n) is 4.35. The zero-order valence-electron chi connectivity index (χ0n) is 8.45. The molecule has 1 aromatic rings. The third-order valence-corrected chi connectivity index (χ3v) is 11.2. The van der Waals surface area contributed by atoms with Crippen LogP contribution in [0.3, 0.4) is 0 Å². The first kappa shape index (κ1) is 17.7. The van der Waals surface area contributed by atoms with Gasteiger partial charge in [-0.1, -0.05) is 57.3 Å². The Labute approximate surface area is 162 Å². The summed E-state index contributed by atoms with van der Waals surface area (Å²) in [5, 5.41) is 18.8. The van der Waals surface area contributed by atoms with Gasteiger partial charge >= 0.3 is 5.97 Å². The van der Waals surface area contributed by atoms with Crippen molar-refractivity contribution in [2.24, 2.45) is 0 Å². The molecule has 4 nitrogen and oxygen atoms in total. The highest BCUT2D eigenvalue weighted by Gasteiger charge is 2.57. The molecule has 0 heterocycles. The summed E-state index contributed by atoms with van der Waals surface area (Å²) in [4.78, 5) is 11.6. The van der Waals surface area contributed by atoms with Gasteiger partial charge < -0.3 is 10.2 Å². The van der Waals surface area contributed by atoms with Gasteiger partial charge in [-0.25, -0.2) is 4.79 Å². The molecule has 18 heavy (non-hydrogen) atoms. The number of carbonyl (C=O) groups is 1. The third-order valence-electron chi connectivity index (χ3n) is 2.16. The van der Waals surface area contributed by atoms with Crippen LogP contribution >= 0.6 is 100 Å². The first-order valence-corrected chi connectivity index (χ1v) is 9.01. The zero-order chi connectivity index (χ0) is 14.1. The monoisotopic (exact) mass is 715 g/mol. The Morgan fingerprint density at radius 1 is 1.17 bits per heavy atom. The van der Waals surface area contributed by atoms with Crippen LogP contribution in [0.15, 0.2) is 24.3 Å². The SMILES string of the molecule is O=C(O)[C@@](I)(N(Br)Br)C(I)(I)c1ccc(O)cc1. The number of benzene rings is 1. The van der Waals surface area contributed by atoms with Gasteiger partial charge in [0, 0.05) is 32.3 Å². The van der Waals surface area contributed by atoms with Crippen LogP contribution in [0.4, 0.5) is 0 Å². The maximum atomic E-state index is 11.6. The summed E-state index contributed by atoms with van der Waals surface area (Å²) < 4.78 is -0.722. The van der Waals surface area contributed by atoms with Gasteiger partial charge in [-0.15, -0.1) is 2.95 Å². The summed E-state index contributed by atoms with van der Waals surface area (Å²) >= 11 is 12.3. The molecular weight excluding hydrogens is 711 g/mol. The number of aromatic hydroxyl groups is 1. The van der Waals surface area contributed by atoms with E-state index in [0.29, 0.717) is 0 Å². The second-order valence-corrected chi connectivity index (χ2v) is 12.5. The predicted octanol–water partition coefficient (Wildman–Crippen LogP) is 4.55. The molecule has 1 rings (SSSR count). The number of alkyl halides is 3. The van der Waals surface area contributed by atoms with Crippen LogP contribution in [0.5, 0.6) is 5.75 Å². The molecule has 100 valence electrons. The van der Waals surface area contributed by atoms with Gasteiger partial charge in [0.05, 0.1) is 0 Å². The first-order chi connectivity index (χ1) is 8.14. The normalized spacial score (nSPS) is 15.4. The van der Waals surface area contributed by atoms with Gasteiger partial charge in [-0.2, -0.15) is 0 Å². The Morgan fingerprint density at radius 3 is 1.94 bits per heavy atom. The predicted molar refractivity (Wildman–Crippen MR) is 102 cm³/mol. The molecule has 9 heteroatoms. The number of nitrogens with zero attached hydrogens (tertiary/aromatic N) is 1. The number of rotatable bonds is 4. The van der Waals surface area contributed by atoms with Crippen molar-refractivity contribution in [3.8, 4) is 5.75 Å². The molecule has 0 fully saturated rings. The largest absolute Gasteiger partial charge is 0.508 e. The summed E-state index contributed by atoms with van der Waals surface area (Å²) in [6, 6.07) is 6.47. The molecule has 2 N–H and O–H groups in total. The van der Waals surface area contributed by atoms with Crippen molar-refractivity contribution in [2.75, 3.05) is 0 Å². The van der Waals surface area contributed by atoms with Gasteiger partial charge in [0.15, 0.2) is 0 Å². The molecule has 0 bridgehead atoms. The van der Waals surface area contributed by atoms with Crippen molar-refractivity contribution in [3.05, 3.63) is 29.8 Å². The maximum Gasteiger partial charge on any atom is 0.338 e. The summed E-state index contributed by atoms with van der Waals surface area (Å²) in [6.45, 7) is 0. The average molecular weight is 717 g/mol. The molecule has 1 atom stereocenters. The molecule has 0 amide bonds. The fourth-order valence-electron chi connectivity index (χ4n) is 1.17. The summed E-state index contributed by atoms with van der Waals surface area (Å²) in [7, 11) is 0. The van der Waals surface area contributed by atoms with E-state index in [0.717, 1.165) is 5.56 Å². The number of hydrogen-bond acceptors (Lipinski definition) is 3. The molecule has 0 aliphatic heterocycles. The molecule has 0 saturated carbocycles. The van der Waals surface area contributed by atoms with Crippen LogP contribution in [0.25, 0.3) is 0 Å². The Balaban J connectivity index is 3.34. The van der Waals surface area contributed by atoms with Crippen LogP contribution in [0, 0.1) is 0 Å². The van der Waals surface area contributed by atoms with E-state index in [9.17, 15) is 15.0 Å². The van der Waals surface area contributed by atoms with Gasteiger partial charge in [0.2, 0.25) is 3.55 Å². The second-order valence-electron chi connectivity index (χ2n) is 3.28. The molecule has 0 aliphatic carbocycles. The molecule has 0 aliphatic rings. The van der Waals surface area contributed by atoms with Crippen molar-refractivity contribution < 1.29 is 15.0 Å². The number of phenols is 1. The number of aliphatic carboxylic acids is 1. The fraction of sp³-hybridized carbons (Fsp3) is 0.222. The maximum absolute atomic E-state index is 11.6. The van der Waals surface area contributed by atoms with Crippen molar-refractivity contribution in [3.63, 3.8) is 0 Å². The van der Waals surface area contributed by atoms with Crippen LogP contribution in [-0.2, 0) is 6.22 Å². The van der Waals surface area contributed by atoms with E-state index in [1.54, 1.807) is 12.1 Å². The topological polar surface area (TPSA) is 60.8 Å². The minimum absolute atomic E-state index is 0.145. The molecular formula is C9H6Br2I3NO3. The molecule has 0 saturated heterocycles. The molecule has 0 unspecified atom stereocenters. The number of phenolic OH excluding ortho intramolecular Hbond substituents is 1. The Hall–Kier alpha value is 1.60. The second kappa shape index (κ2) is 6.58. The Morgan fingerprint density at radius 2 is 1.61 bits per heavy atom. The zero-order valence-corrected chi connectivity index (χ0v) is 18.1. The van der Waals surface area contributed by atoms with Gasteiger partial charge in [0.1, 0.15) is 7.18 Å². The molecule has 0 radical (unpaired) electrons. The third kappa shape index (κ3) is 3.26. The highest BCUT2D eigenvalue weighted by Crippen LogP contribution is 2.56. The van der Waals surface area contributed by atoms with Crippen LogP contribution in [0.1, 0.15) is 5.56 Å². The van der Waals surface area contributed by atoms with Gasteiger partial charge in [0.25, 0.3) is 0 Å². The lowest BCUT2D eigenvalue weighted by molar-refractivity contribution is -0.140. The highest BCUT2D eigenvalue weighted by atomic mass is 127. The van der Waals surface area contributed by atoms with E-state index in [-0.39, 0.29) is 5.75 Å². The van der Waals surface area contributed by atoms with Crippen molar-refractivity contribution in [2.45, 2.75) is 4.97 Å². The quantitative estimate of drug-likeness (QED) is 0.208. The van der Waals surface area contributed by atoms with E-state index in [4.69, 9.17) is 0 Å². The lowest BCUT2D eigenvalue weighted by atomic mass is 10.1. The molecule has 0 aromatic heterocycles. The smallest absolute Gasteiger partial charge is 0.338 e. The van der Waals surface area contributed by atoms with Crippen molar-refractivity contribution in [1.82, 2.24) is 2.95 Å². The summed E-state index contributed by atoms with van der Waals surface area (Å²) in [5.74, 6) is -0.847. The standard InChI is InChI=1S/C9H6Br2I3NO3/c10-15(11)9(14,7(17)18)8(12,13)5-1-3-6(16)4-2-5/h1-4,16H,(H,17,18)/t9-/m1/s1. The van der Waals surface area contributed by atoms with E-state index in [1.165, 1.54) is 15.1 Å². The molecule has 0 spiro atoms. The Bertz CT molecular complexity index is 455. The summed E-state index contributed by atoms with van der Waals surface area (Å²) in [6.07, 6.45) is 0. The molecule has 1 aromatic carbocycles. The Kier molecular flexibility index (Phi) is 6.45. The van der Waals surface area contributed by atoms with Crippen molar-refractivity contribution >= 4 is 106 Å². The van der Waals surface area contributed by atoms with E-state index in [1.807, 2.05) is 22.6 Å². The van der Waals surface area contributed by atoms with Crippen LogP contribution in [0.2, 0.25) is 0 Å². The lowest BCUT2D eigenvalue weighted by Gasteiger charge is -2.38. The van der Waals surface area contributed by atoms with Gasteiger partial charge in [-0.05, 0) is 40.3 Å². The number of halogens is 5. The van der Waals surface area contributed by atoms with E-state index in [2.05, 4.69) is 77.5 Å². The van der Waals surface area contributed by atoms with Gasteiger partial charge in [-0.3, -0.25) is 0 Å². The minimum Gasteiger partial charge on any atom is -0.508 e. The number of hydrogen-bond donors (Lipinski definition) is 2. The number of carboxylic acid groups (broad SMARTS) is 1. The van der Waals surface area contributed by atoms with Crippen molar-refractivity contribution in [1.29, 1.82) is 0 Å². The lowest BCUT2D eigenvalue weighted by Crippen LogP contribution is -2.51.